The van der Waals surface area contributed by atoms with Crippen LogP contribution in [0.5, 0.6) is 5.88 Å². The van der Waals surface area contributed by atoms with E-state index in [9.17, 15) is 0 Å². The van der Waals surface area contributed by atoms with Gasteiger partial charge in [0.05, 0.1) is 26.4 Å². The minimum absolute atomic E-state index is 0.0380. The molecule has 2 N–H and O–H groups in total. The van der Waals surface area contributed by atoms with Crippen molar-refractivity contribution in [3.63, 3.8) is 0 Å². The summed E-state index contributed by atoms with van der Waals surface area (Å²) >= 11 is 0. The molecule has 0 unspecified atom stereocenters. The summed E-state index contributed by atoms with van der Waals surface area (Å²) < 4.78 is 10.3. The maximum absolute atomic E-state index is 8.49. The Hall–Kier alpha value is -1.40. The highest BCUT2D eigenvalue weighted by atomic mass is 16.5. The molecule has 16 heavy (non-hydrogen) atoms. The molecule has 1 rings (SSSR count). The van der Waals surface area contributed by atoms with Crippen molar-refractivity contribution < 1.29 is 14.6 Å². The zero-order valence-corrected chi connectivity index (χ0v) is 9.35. The number of anilines is 1. The van der Waals surface area contributed by atoms with Gasteiger partial charge in [-0.1, -0.05) is 0 Å². The van der Waals surface area contributed by atoms with Gasteiger partial charge in [-0.15, -0.1) is 0 Å². The summed E-state index contributed by atoms with van der Waals surface area (Å²) in [5, 5.41) is 11.5. The molecule has 1 aromatic rings. The first kappa shape index (κ1) is 12.7. The zero-order valence-electron chi connectivity index (χ0n) is 9.35. The Labute approximate surface area is 94.6 Å². The average Bonchev–Trinajstić information content (AvgIpc) is 2.30. The summed E-state index contributed by atoms with van der Waals surface area (Å²) in [6.07, 6.45) is 1.63. The predicted molar refractivity (Wildman–Crippen MR) is 59.6 cm³/mol. The maximum atomic E-state index is 8.49. The van der Waals surface area contributed by atoms with Gasteiger partial charge in [-0.25, -0.2) is 4.98 Å². The molecule has 0 aliphatic rings. The second-order valence-electron chi connectivity index (χ2n) is 2.91. The number of aliphatic hydroxyl groups excluding tert-OH is 1. The van der Waals surface area contributed by atoms with E-state index in [4.69, 9.17) is 14.6 Å². The van der Waals surface area contributed by atoms with Gasteiger partial charge in [-0.05, 0) is 6.92 Å². The molecule has 6 heteroatoms. The normalized spacial score (nSPS) is 10.1. The van der Waals surface area contributed by atoms with Crippen LogP contribution in [-0.4, -0.2) is 48.0 Å². The van der Waals surface area contributed by atoms with E-state index in [0.29, 0.717) is 38.2 Å². The maximum Gasteiger partial charge on any atom is 0.226 e. The van der Waals surface area contributed by atoms with E-state index in [1.165, 1.54) is 0 Å². The van der Waals surface area contributed by atoms with Gasteiger partial charge in [0.1, 0.15) is 0 Å². The van der Waals surface area contributed by atoms with E-state index in [0.717, 1.165) is 0 Å². The van der Waals surface area contributed by atoms with Crippen molar-refractivity contribution >= 4 is 5.95 Å². The van der Waals surface area contributed by atoms with Crippen LogP contribution in [0.25, 0.3) is 0 Å². The SMILES string of the molecule is CCOc1ccnc(NCCOCCO)n1. The number of rotatable bonds is 8. The van der Waals surface area contributed by atoms with Crippen molar-refractivity contribution in [2.24, 2.45) is 0 Å². The molecule has 0 radical (unpaired) electrons. The molecule has 90 valence electrons. The van der Waals surface area contributed by atoms with Crippen LogP contribution < -0.4 is 10.1 Å². The van der Waals surface area contributed by atoms with Crippen molar-refractivity contribution in [3.05, 3.63) is 12.3 Å². The topological polar surface area (TPSA) is 76.5 Å². The Kier molecular flexibility index (Phi) is 6.20. The molecule has 0 saturated heterocycles. The fourth-order valence-electron chi connectivity index (χ4n) is 1.06. The van der Waals surface area contributed by atoms with E-state index in [-0.39, 0.29) is 6.61 Å². The van der Waals surface area contributed by atoms with Crippen LogP contribution in [0.15, 0.2) is 12.3 Å². The van der Waals surface area contributed by atoms with Crippen molar-refractivity contribution in [2.75, 3.05) is 38.3 Å². The number of nitrogens with one attached hydrogen (secondary N) is 1. The minimum atomic E-state index is 0.0380. The Morgan fingerprint density at radius 2 is 2.31 bits per heavy atom. The monoisotopic (exact) mass is 227 g/mol. The van der Waals surface area contributed by atoms with Crippen LogP contribution >= 0.6 is 0 Å². The molecule has 1 heterocycles. The van der Waals surface area contributed by atoms with Gasteiger partial charge >= 0.3 is 0 Å². The fraction of sp³-hybridized carbons (Fsp3) is 0.600. The highest BCUT2D eigenvalue weighted by molar-refractivity contribution is 5.27. The third-order valence-corrected chi connectivity index (χ3v) is 1.69. The van der Waals surface area contributed by atoms with E-state index in [1.54, 1.807) is 12.3 Å². The smallest absolute Gasteiger partial charge is 0.226 e. The van der Waals surface area contributed by atoms with Crippen LogP contribution in [0.4, 0.5) is 5.95 Å². The molecule has 0 atom stereocenters. The second-order valence-corrected chi connectivity index (χ2v) is 2.91. The molecule has 0 aliphatic heterocycles. The Morgan fingerprint density at radius 3 is 3.06 bits per heavy atom. The number of aromatic nitrogens is 2. The van der Waals surface area contributed by atoms with Crippen molar-refractivity contribution in [3.8, 4) is 5.88 Å². The van der Waals surface area contributed by atoms with E-state index >= 15 is 0 Å². The molecule has 0 aliphatic carbocycles. The summed E-state index contributed by atoms with van der Waals surface area (Å²) in [7, 11) is 0. The lowest BCUT2D eigenvalue weighted by Crippen LogP contribution is -2.13. The van der Waals surface area contributed by atoms with E-state index in [2.05, 4.69) is 15.3 Å². The number of nitrogens with zero attached hydrogens (tertiary/aromatic N) is 2. The zero-order chi connectivity index (χ0) is 11.6. The van der Waals surface area contributed by atoms with Crippen LogP contribution in [0.3, 0.4) is 0 Å². The Bertz CT molecular complexity index is 296. The first-order chi connectivity index (χ1) is 7.86. The van der Waals surface area contributed by atoms with Gasteiger partial charge in [0.15, 0.2) is 0 Å². The first-order valence-electron chi connectivity index (χ1n) is 5.25. The second kappa shape index (κ2) is 7.84. The summed E-state index contributed by atoms with van der Waals surface area (Å²) in [5.74, 6) is 1.06. The molecular formula is C10H17N3O3. The van der Waals surface area contributed by atoms with Gasteiger partial charge in [0.2, 0.25) is 11.8 Å². The third kappa shape index (κ3) is 4.90. The molecule has 1 aromatic heterocycles. The number of hydrogen-bond acceptors (Lipinski definition) is 6. The van der Waals surface area contributed by atoms with E-state index < -0.39 is 0 Å². The van der Waals surface area contributed by atoms with Crippen LogP contribution in [0, 0.1) is 0 Å². The standard InChI is InChI=1S/C10H17N3O3/c1-2-16-9-3-4-11-10(13-9)12-5-7-15-8-6-14/h3-4,14H,2,5-8H2,1H3,(H,11,12,13). The van der Waals surface area contributed by atoms with Gasteiger partial charge < -0.3 is 19.9 Å². The fourth-order valence-corrected chi connectivity index (χ4v) is 1.06. The molecular weight excluding hydrogens is 210 g/mol. The van der Waals surface area contributed by atoms with Crippen LogP contribution in [0.2, 0.25) is 0 Å². The molecule has 0 spiro atoms. The minimum Gasteiger partial charge on any atom is -0.478 e. The molecule has 6 nitrogen and oxygen atoms in total. The van der Waals surface area contributed by atoms with E-state index in [1.807, 2.05) is 6.92 Å². The van der Waals surface area contributed by atoms with Crippen LogP contribution in [-0.2, 0) is 4.74 Å². The van der Waals surface area contributed by atoms with Gasteiger partial charge in [-0.2, -0.15) is 4.98 Å². The average molecular weight is 227 g/mol. The van der Waals surface area contributed by atoms with Gasteiger partial charge in [-0.3, -0.25) is 0 Å². The summed E-state index contributed by atoms with van der Waals surface area (Å²) in [5.41, 5.74) is 0. The lowest BCUT2D eigenvalue weighted by atomic mass is 10.6. The van der Waals surface area contributed by atoms with Crippen LogP contribution in [0.1, 0.15) is 6.92 Å². The molecule has 0 amide bonds. The number of ether oxygens (including phenoxy) is 2. The highest BCUT2D eigenvalue weighted by Gasteiger charge is 1.98. The van der Waals surface area contributed by atoms with Gasteiger partial charge in [0, 0.05) is 18.8 Å². The summed E-state index contributed by atoms with van der Waals surface area (Å²) in [6.45, 7) is 3.96. The number of aliphatic hydroxyl groups is 1. The van der Waals surface area contributed by atoms with Gasteiger partial charge in [0.25, 0.3) is 0 Å². The summed E-state index contributed by atoms with van der Waals surface area (Å²) in [4.78, 5) is 8.16. The first-order valence-corrected chi connectivity index (χ1v) is 5.25. The molecule has 0 aromatic carbocycles. The molecule has 0 saturated carbocycles. The predicted octanol–water partition coefficient (Wildman–Crippen LogP) is 0.296. The van der Waals surface area contributed by atoms with Crippen molar-refractivity contribution in [1.82, 2.24) is 9.97 Å². The highest BCUT2D eigenvalue weighted by Crippen LogP contribution is 2.07. The van der Waals surface area contributed by atoms with Crippen molar-refractivity contribution in [2.45, 2.75) is 6.92 Å². The largest absolute Gasteiger partial charge is 0.478 e. The lowest BCUT2D eigenvalue weighted by molar-refractivity contribution is 0.0991. The third-order valence-electron chi connectivity index (χ3n) is 1.69. The van der Waals surface area contributed by atoms with Crippen molar-refractivity contribution in [1.29, 1.82) is 0 Å². The molecule has 0 bridgehead atoms. The quantitative estimate of drug-likeness (QED) is 0.622. The lowest BCUT2D eigenvalue weighted by Gasteiger charge is -2.06. The number of hydrogen-bond donors (Lipinski definition) is 2. The summed E-state index contributed by atoms with van der Waals surface area (Å²) in [6, 6.07) is 1.71. The Balaban J connectivity index is 2.27. The Morgan fingerprint density at radius 1 is 1.44 bits per heavy atom. The molecule has 0 fully saturated rings.